The fourth-order valence-electron chi connectivity index (χ4n) is 7.09. The molecule has 2 N–H and O–H groups in total. The minimum atomic E-state index is -0.584. The van der Waals surface area contributed by atoms with Crippen molar-refractivity contribution in [2.75, 3.05) is 18.1 Å². The molecule has 2 aliphatic heterocycles. The van der Waals surface area contributed by atoms with E-state index in [-0.39, 0.29) is 6.10 Å². The lowest BCUT2D eigenvalue weighted by Gasteiger charge is -2.39. The molecule has 4 aliphatic rings. The summed E-state index contributed by atoms with van der Waals surface area (Å²) in [5, 5.41) is 3.35. The second-order valence-corrected chi connectivity index (χ2v) is 12.3. The SMILES string of the molecule is Cc1c(C2NOC(=O)N2)nc(-c2cncc(Cl)c2)c2c1nc(N1CCO[C@@H]3CCC[C@H]31)n2CC1CCC(C)CC1. The maximum atomic E-state index is 11.9. The van der Waals surface area contributed by atoms with Gasteiger partial charge in [0.05, 0.1) is 46.2 Å². The molecule has 2 saturated carbocycles. The van der Waals surface area contributed by atoms with Crippen molar-refractivity contribution in [3.63, 3.8) is 0 Å². The second kappa shape index (κ2) is 10.5. The summed E-state index contributed by atoms with van der Waals surface area (Å²) in [6.07, 6.45) is 10.9. The molecule has 0 spiro atoms. The molecule has 0 aromatic carbocycles. The number of hydroxylamine groups is 1. The van der Waals surface area contributed by atoms with E-state index in [0.717, 1.165) is 65.7 Å². The van der Waals surface area contributed by atoms with Gasteiger partial charge in [0.15, 0.2) is 6.17 Å². The zero-order valence-corrected chi connectivity index (χ0v) is 23.8. The molecule has 4 fully saturated rings. The summed E-state index contributed by atoms with van der Waals surface area (Å²) in [7, 11) is 0. The molecule has 3 aromatic heterocycles. The van der Waals surface area contributed by atoms with Gasteiger partial charge in [-0.3, -0.25) is 10.3 Å². The number of nitrogens with zero attached hydrogens (tertiary/aromatic N) is 5. The molecular formula is C29H36ClN7O3. The summed E-state index contributed by atoms with van der Waals surface area (Å²) in [4.78, 5) is 34.4. The number of ether oxygens (including phenoxy) is 1. The molecule has 2 aliphatic carbocycles. The van der Waals surface area contributed by atoms with Gasteiger partial charge in [-0.2, -0.15) is 0 Å². The average molecular weight is 566 g/mol. The van der Waals surface area contributed by atoms with Crippen molar-refractivity contribution < 1.29 is 14.4 Å². The van der Waals surface area contributed by atoms with Crippen LogP contribution in [0.1, 0.15) is 69.3 Å². The second-order valence-electron chi connectivity index (χ2n) is 11.9. The topological polar surface area (TPSA) is 106 Å². The molecule has 3 atom stereocenters. The molecule has 11 heteroatoms. The van der Waals surface area contributed by atoms with Gasteiger partial charge in [-0.25, -0.2) is 14.8 Å². The predicted molar refractivity (Wildman–Crippen MR) is 152 cm³/mol. The Bertz CT molecular complexity index is 1440. The molecule has 0 bridgehead atoms. The molecular weight excluding hydrogens is 530 g/mol. The van der Waals surface area contributed by atoms with E-state index in [1.807, 2.05) is 13.0 Å². The zero-order chi connectivity index (χ0) is 27.4. The molecule has 1 amide bonds. The van der Waals surface area contributed by atoms with Crippen molar-refractivity contribution in [3.8, 4) is 11.3 Å². The lowest BCUT2D eigenvalue weighted by atomic mass is 9.83. The largest absolute Gasteiger partial charge is 0.427 e. The molecule has 5 heterocycles. The summed E-state index contributed by atoms with van der Waals surface area (Å²) in [6.45, 7) is 6.79. The number of imidazole rings is 1. The molecule has 212 valence electrons. The fourth-order valence-corrected chi connectivity index (χ4v) is 7.27. The van der Waals surface area contributed by atoms with Crippen molar-refractivity contribution >= 4 is 34.7 Å². The number of morpholine rings is 1. The van der Waals surface area contributed by atoms with Crippen LogP contribution in [-0.4, -0.2) is 50.9 Å². The molecule has 40 heavy (non-hydrogen) atoms. The highest BCUT2D eigenvalue weighted by Crippen LogP contribution is 2.41. The van der Waals surface area contributed by atoms with Crippen LogP contribution in [0.15, 0.2) is 18.5 Å². The van der Waals surface area contributed by atoms with E-state index in [1.54, 1.807) is 12.4 Å². The summed E-state index contributed by atoms with van der Waals surface area (Å²) in [5.74, 6) is 2.35. The van der Waals surface area contributed by atoms with Crippen LogP contribution in [0.3, 0.4) is 0 Å². The number of pyridine rings is 2. The van der Waals surface area contributed by atoms with Crippen molar-refractivity contribution in [2.24, 2.45) is 11.8 Å². The number of halogens is 1. The number of amides is 1. The van der Waals surface area contributed by atoms with Crippen LogP contribution >= 0.6 is 11.6 Å². The van der Waals surface area contributed by atoms with Crippen LogP contribution in [-0.2, 0) is 16.1 Å². The Labute approximate surface area is 238 Å². The van der Waals surface area contributed by atoms with E-state index in [2.05, 4.69) is 32.2 Å². The average Bonchev–Trinajstić information content (AvgIpc) is 3.69. The number of carbonyl (C=O) groups is 1. The van der Waals surface area contributed by atoms with Crippen LogP contribution in [0.2, 0.25) is 5.02 Å². The van der Waals surface area contributed by atoms with Crippen LogP contribution in [0, 0.1) is 18.8 Å². The van der Waals surface area contributed by atoms with Crippen molar-refractivity contribution in [1.82, 2.24) is 30.3 Å². The number of fused-ring (bicyclic) bond motifs is 2. The van der Waals surface area contributed by atoms with E-state index >= 15 is 0 Å². The number of carbonyl (C=O) groups excluding carboxylic acids is 1. The first-order valence-corrected chi connectivity index (χ1v) is 15.0. The Morgan fingerprint density at radius 3 is 2.75 bits per heavy atom. The van der Waals surface area contributed by atoms with E-state index in [1.165, 1.54) is 32.1 Å². The van der Waals surface area contributed by atoms with Gasteiger partial charge >= 0.3 is 6.09 Å². The van der Waals surface area contributed by atoms with Gasteiger partial charge in [0.1, 0.15) is 0 Å². The van der Waals surface area contributed by atoms with Gasteiger partial charge in [-0.1, -0.05) is 31.4 Å². The van der Waals surface area contributed by atoms with Crippen LogP contribution in [0.4, 0.5) is 10.7 Å². The van der Waals surface area contributed by atoms with Crippen molar-refractivity contribution in [2.45, 2.75) is 83.6 Å². The Balaban J connectivity index is 1.44. The predicted octanol–water partition coefficient (Wildman–Crippen LogP) is 5.28. The Hall–Kier alpha value is -2.95. The number of rotatable bonds is 5. The molecule has 1 unspecified atom stereocenters. The molecule has 7 rings (SSSR count). The number of hydrogen-bond donors (Lipinski definition) is 2. The number of aromatic nitrogens is 4. The summed E-state index contributed by atoms with van der Waals surface area (Å²) >= 11 is 6.44. The Morgan fingerprint density at radius 1 is 1.12 bits per heavy atom. The fraction of sp³-hybridized carbons (Fsp3) is 0.586. The van der Waals surface area contributed by atoms with Crippen molar-refractivity contribution in [3.05, 3.63) is 34.7 Å². The standard InChI is InChI=1S/C29H36ClN7O3/c1-16-6-8-18(9-7-16)15-37-26-23(33-28(37)36-10-11-39-22-5-3-4-21(22)36)17(2)24(27-34-29(38)40-35-27)32-25(26)19-12-20(30)14-31-13-19/h12-14,16,18,21-22,27,35H,3-11,15H2,1-2H3,(H,34,38)/t16?,18?,21-,22-,27?/m1/s1. The van der Waals surface area contributed by atoms with Gasteiger partial charge < -0.3 is 19.0 Å². The van der Waals surface area contributed by atoms with E-state index in [0.29, 0.717) is 29.3 Å². The summed E-state index contributed by atoms with van der Waals surface area (Å²) < 4.78 is 8.60. The lowest BCUT2D eigenvalue weighted by Crippen LogP contribution is -2.49. The highest BCUT2D eigenvalue weighted by atomic mass is 35.5. The van der Waals surface area contributed by atoms with Gasteiger partial charge in [0.25, 0.3) is 0 Å². The quantitative estimate of drug-likeness (QED) is 0.430. The number of hydrogen-bond acceptors (Lipinski definition) is 8. The molecule has 2 saturated heterocycles. The normalized spacial score (nSPS) is 28.5. The van der Waals surface area contributed by atoms with E-state index in [4.69, 9.17) is 31.1 Å². The third kappa shape index (κ3) is 4.59. The number of aryl methyl sites for hydroxylation is 1. The minimum Gasteiger partial charge on any atom is -0.374 e. The maximum absolute atomic E-state index is 11.9. The van der Waals surface area contributed by atoms with E-state index in [9.17, 15) is 4.79 Å². The van der Waals surface area contributed by atoms with Crippen LogP contribution < -0.4 is 15.7 Å². The summed E-state index contributed by atoms with van der Waals surface area (Å²) in [5.41, 5.74) is 7.79. The van der Waals surface area contributed by atoms with Crippen molar-refractivity contribution in [1.29, 1.82) is 0 Å². The Kier molecular flexibility index (Phi) is 6.80. The lowest BCUT2D eigenvalue weighted by molar-refractivity contribution is 0.0247. The number of nitrogens with one attached hydrogen (secondary N) is 2. The first-order chi connectivity index (χ1) is 19.5. The molecule has 0 radical (unpaired) electrons. The van der Waals surface area contributed by atoms with Gasteiger partial charge in [-0.15, -0.1) is 5.48 Å². The highest BCUT2D eigenvalue weighted by Gasteiger charge is 2.39. The smallest absolute Gasteiger partial charge is 0.374 e. The first-order valence-electron chi connectivity index (χ1n) is 14.6. The van der Waals surface area contributed by atoms with E-state index < -0.39 is 12.3 Å². The number of anilines is 1. The zero-order valence-electron chi connectivity index (χ0n) is 23.0. The highest BCUT2D eigenvalue weighted by molar-refractivity contribution is 6.30. The van der Waals surface area contributed by atoms with Gasteiger partial charge in [0, 0.05) is 36.6 Å². The third-order valence-corrected chi connectivity index (χ3v) is 9.45. The summed E-state index contributed by atoms with van der Waals surface area (Å²) in [6, 6.07) is 2.22. The molecule has 10 nitrogen and oxygen atoms in total. The van der Waals surface area contributed by atoms with Gasteiger partial charge in [0.2, 0.25) is 5.95 Å². The van der Waals surface area contributed by atoms with Crippen LogP contribution in [0.5, 0.6) is 0 Å². The minimum absolute atomic E-state index is 0.249. The maximum Gasteiger partial charge on any atom is 0.427 e. The first kappa shape index (κ1) is 26.0. The Morgan fingerprint density at radius 2 is 1.98 bits per heavy atom. The van der Waals surface area contributed by atoms with Gasteiger partial charge in [-0.05, 0) is 56.9 Å². The van der Waals surface area contributed by atoms with Crippen LogP contribution in [0.25, 0.3) is 22.3 Å². The third-order valence-electron chi connectivity index (χ3n) is 9.24. The molecule has 3 aromatic rings. The monoisotopic (exact) mass is 565 g/mol.